The Balaban J connectivity index is 2.23. The van der Waals surface area contributed by atoms with Crippen LogP contribution in [0, 0.1) is 0 Å². The molecule has 0 radical (unpaired) electrons. The van der Waals surface area contributed by atoms with E-state index in [-0.39, 0.29) is 0 Å². The molecular formula is C13H10ClN. The highest BCUT2D eigenvalue weighted by Gasteiger charge is 1.94. The van der Waals surface area contributed by atoms with Crippen LogP contribution >= 0.6 is 11.6 Å². The van der Waals surface area contributed by atoms with Crippen molar-refractivity contribution in [1.29, 1.82) is 0 Å². The van der Waals surface area contributed by atoms with Crippen molar-refractivity contribution in [2.45, 2.75) is 0 Å². The SMILES string of the molecule is Clc1cccnc1/C=C/c1ccccc1. The second-order valence-electron chi connectivity index (χ2n) is 3.11. The van der Waals surface area contributed by atoms with Gasteiger partial charge in [-0.3, -0.25) is 4.98 Å². The number of pyridine rings is 1. The lowest BCUT2D eigenvalue weighted by molar-refractivity contribution is 1.30. The van der Waals surface area contributed by atoms with E-state index in [2.05, 4.69) is 4.98 Å². The third kappa shape index (κ3) is 2.67. The van der Waals surface area contributed by atoms with Gasteiger partial charge >= 0.3 is 0 Å². The van der Waals surface area contributed by atoms with Crippen LogP contribution in [0.1, 0.15) is 11.3 Å². The van der Waals surface area contributed by atoms with Crippen molar-refractivity contribution in [2.24, 2.45) is 0 Å². The Morgan fingerprint density at radius 3 is 2.47 bits per heavy atom. The van der Waals surface area contributed by atoms with Gasteiger partial charge in [-0.05, 0) is 23.8 Å². The quantitative estimate of drug-likeness (QED) is 0.740. The molecule has 0 atom stereocenters. The summed E-state index contributed by atoms with van der Waals surface area (Å²) in [5, 5.41) is 0.671. The second kappa shape index (κ2) is 4.76. The zero-order valence-electron chi connectivity index (χ0n) is 8.10. The molecule has 0 saturated carbocycles. The van der Waals surface area contributed by atoms with E-state index in [1.165, 1.54) is 0 Å². The number of aromatic nitrogens is 1. The molecule has 1 nitrogen and oxygen atoms in total. The van der Waals surface area contributed by atoms with Gasteiger partial charge in [-0.1, -0.05) is 48.0 Å². The smallest absolute Gasteiger partial charge is 0.0816 e. The Kier molecular flexibility index (Phi) is 3.15. The van der Waals surface area contributed by atoms with Crippen molar-refractivity contribution in [3.05, 3.63) is 64.9 Å². The van der Waals surface area contributed by atoms with Gasteiger partial charge in [-0.25, -0.2) is 0 Å². The Morgan fingerprint density at radius 2 is 1.73 bits per heavy atom. The van der Waals surface area contributed by atoms with E-state index in [1.54, 1.807) is 6.20 Å². The van der Waals surface area contributed by atoms with Crippen molar-refractivity contribution in [2.75, 3.05) is 0 Å². The molecule has 2 rings (SSSR count). The molecule has 0 unspecified atom stereocenters. The first-order valence-corrected chi connectivity index (χ1v) is 5.08. The van der Waals surface area contributed by atoms with E-state index in [0.29, 0.717) is 5.02 Å². The van der Waals surface area contributed by atoms with E-state index in [9.17, 15) is 0 Å². The number of hydrogen-bond donors (Lipinski definition) is 0. The lowest BCUT2D eigenvalue weighted by Crippen LogP contribution is -1.79. The third-order valence-corrected chi connectivity index (χ3v) is 2.34. The van der Waals surface area contributed by atoms with Crippen LogP contribution in [-0.4, -0.2) is 4.98 Å². The van der Waals surface area contributed by atoms with Crippen LogP contribution in [0.4, 0.5) is 0 Å². The van der Waals surface area contributed by atoms with Crippen LogP contribution in [-0.2, 0) is 0 Å². The highest BCUT2D eigenvalue weighted by atomic mass is 35.5. The first-order valence-electron chi connectivity index (χ1n) is 4.70. The fourth-order valence-electron chi connectivity index (χ4n) is 1.26. The maximum Gasteiger partial charge on any atom is 0.0816 e. The molecule has 0 fully saturated rings. The van der Waals surface area contributed by atoms with Crippen molar-refractivity contribution in [3.8, 4) is 0 Å². The number of benzene rings is 1. The average Bonchev–Trinajstić information content (AvgIpc) is 2.29. The highest BCUT2D eigenvalue weighted by molar-refractivity contribution is 6.31. The molecule has 0 aliphatic rings. The van der Waals surface area contributed by atoms with Crippen LogP contribution < -0.4 is 0 Å². The first-order chi connectivity index (χ1) is 7.36. The first kappa shape index (κ1) is 9.94. The topological polar surface area (TPSA) is 12.9 Å². The predicted octanol–water partition coefficient (Wildman–Crippen LogP) is 3.91. The number of nitrogens with zero attached hydrogens (tertiary/aromatic N) is 1. The summed E-state index contributed by atoms with van der Waals surface area (Å²) in [7, 11) is 0. The Hall–Kier alpha value is -1.60. The lowest BCUT2D eigenvalue weighted by atomic mass is 10.2. The minimum atomic E-state index is 0.671. The molecule has 0 N–H and O–H groups in total. The molecule has 0 aliphatic carbocycles. The normalized spacial score (nSPS) is 10.7. The van der Waals surface area contributed by atoms with Crippen molar-refractivity contribution in [3.63, 3.8) is 0 Å². The molecule has 1 heterocycles. The Bertz CT molecular complexity index is 463. The molecule has 0 spiro atoms. The average molecular weight is 216 g/mol. The van der Waals surface area contributed by atoms with E-state index in [4.69, 9.17) is 11.6 Å². The maximum atomic E-state index is 5.98. The van der Waals surface area contributed by atoms with Crippen LogP contribution in [0.25, 0.3) is 12.2 Å². The molecular weight excluding hydrogens is 206 g/mol. The van der Waals surface area contributed by atoms with Crippen LogP contribution in [0.15, 0.2) is 48.7 Å². The molecule has 15 heavy (non-hydrogen) atoms. The molecule has 0 bridgehead atoms. The number of rotatable bonds is 2. The summed E-state index contributed by atoms with van der Waals surface area (Å²) in [5.74, 6) is 0. The third-order valence-electron chi connectivity index (χ3n) is 2.02. The van der Waals surface area contributed by atoms with Gasteiger partial charge in [0.15, 0.2) is 0 Å². The summed E-state index contributed by atoms with van der Waals surface area (Å²) in [5.41, 5.74) is 1.93. The molecule has 0 saturated heterocycles. The minimum absolute atomic E-state index is 0.671. The molecule has 1 aromatic heterocycles. The standard InChI is InChI=1S/C13H10ClN/c14-12-7-4-10-15-13(12)9-8-11-5-2-1-3-6-11/h1-10H/b9-8+. The molecule has 2 aromatic rings. The highest BCUT2D eigenvalue weighted by Crippen LogP contribution is 2.15. The maximum absolute atomic E-state index is 5.98. The number of hydrogen-bond acceptors (Lipinski definition) is 1. The monoisotopic (exact) mass is 215 g/mol. The van der Waals surface area contributed by atoms with Crippen molar-refractivity contribution < 1.29 is 0 Å². The van der Waals surface area contributed by atoms with Gasteiger partial charge in [-0.15, -0.1) is 0 Å². The Morgan fingerprint density at radius 1 is 0.933 bits per heavy atom. The predicted molar refractivity (Wildman–Crippen MR) is 64.6 cm³/mol. The fraction of sp³-hybridized carbons (Fsp3) is 0. The molecule has 2 heteroatoms. The summed E-state index contributed by atoms with van der Waals surface area (Å²) < 4.78 is 0. The zero-order valence-corrected chi connectivity index (χ0v) is 8.85. The molecule has 0 amide bonds. The van der Waals surface area contributed by atoms with Gasteiger partial charge in [0.25, 0.3) is 0 Å². The Labute approximate surface area is 94.1 Å². The second-order valence-corrected chi connectivity index (χ2v) is 3.52. The molecule has 0 aliphatic heterocycles. The zero-order chi connectivity index (χ0) is 10.5. The van der Waals surface area contributed by atoms with E-state index >= 15 is 0 Å². The summed E-state index contributed by atoms with van der Waals surface area (Å²) >= 11 is 5.98. The van der Waals surface area contributed by atoms with Crippen LogP contribution in [0.3, 0.4) is 0 Å². The van der Waals surface area contributed by atoms with Gasteiger partial charge in [0.1, 0.15) is 0 Å². The lowest BCUT2D eigenvalue weighted by Gasteiger charge is -1.95. The number of halogens is 1. The fourth-order valence-corrected chi connectivity index (χ4v) is 1.44. The van der Waals surface area contributed by atoms with Crippen LogP contribution in [0.5, 0.6) is 0 Å². The molecule has 74 valence electrons. The van der Waals surface area contributed by atoms with Gasteiger partial charge in [-0.2, -0.15) is 0 Å². The van der Waals surface area contributed by atoms with Gasteiger partial charge in [0.2, 0.25) is 0 Å². The van der Waals surface area contributed by atoms with Gasteiger partial charge in [0.05, 0.1) is 10.7 Å². The molecule has 1 aromatic carbocycles. The van der Waals surface area contributed by atoms with Crippen molar-refractivity contribution in [1.82, 2.24) is 4.98 Å². The van der Waals surface area contributed by atoms with E-state index in [1.807, 2.05) is 54.6 Å². The van der Waals surface area contributed by atoms with Crippen LogP contribution in [0.2, 0.25) is 5.02 Å². The van der Waals surface area contributed by atoms with E-state index < -0.39 is 0 Å². The van der Waals surface area contributed by atoms with E-state index in [0.717, 1.165) is 11.3 Å². The van der Waals surface area contributed by atoms with Gasteiger partial charge in [0, 0.05) is 6.20 Å². The summed E-state index contributed by atoms with van der Waals surface area (Å²) in [6, 6.07) is 13.7. The summed E-state index contributed by atoms with van der Waals surface area (Å²) in [4.78, 5) is 4.17. The minimum Gasteiger partial charge on any atom is -0.255 e. The van der Waals surface area contributed by atoms with Crippen molar-refractivity contribution >= 4 is 23.8 Å². The summed E-state index contributed by atoms with van der Waals surface area (Å²) in [6.45, 7) is 0. The largest absolute Gasteiger partial charge is 0.255 e. The van der Waals surface area contributed by atoms with Gasteiger partial charge < -0.3 is 0 Å². The summed E-state index contributed by atoms with van der Waals surface area (Å²) in [6.07, 6.45) is 5.64.